The van der Waals surface area contributed by atoms with Crippen LogP contribution in [0.3, 0.4) is 0 Å². The standard InChI is InChI=1S/C23H22N4O2S/c1-15-19-22(24-14-27(23(19)29)13-16-7-5-4-6-8-16)30-20(15)21(28)25-17-9-11-18(12-10-17)26(2)3/h4-12,14H,13H2,1-3H3,(H,25,28). The number of aromatic nitrogens is 2. The highest BCUT2D eigenvalue weighted by Gasteiger charge is 2.19. The number of nitrogens with one attached hydrogen (secondary N) is 1. The van der Waals surface area contributed by atoms with Gasteiger partial charge in [0.25, 0.3) is 11.5 Å². The van der Waals surface area contributed by atoms with Crippen LogP contribution in [0.15, 0.2) is 65.7 Å². The predicted octanol–water partition coefficient (Wildman–Crippen LogP) is 4.13. The summed E-state index contributed by atoms with van der Waals surface area (Å²) in [6.07, 6.45) is 1.55. The second kappa shape index (κ2) is 8.12. The van der Waals surface area contributed by atoms with Crippen molar-refractivity contribution in [2.24, 2.45) is 0 Å². The second-order valence-electron chi connectivity index (χ2n) is 7.29. The van der Waals surface area contributed by atoms with Crippen molar-refractivity contribution in [1.29, 1.82) is 0 Å². The first-order chi connectivity index (χ1) is 14.4. The molecule has 7 heteroatoms. The topological polar surface area (TPSA) is 67.2 Å². The van der Waals surface area contributed by atoms with E-state index in [1.165, 1.54) is 11.3 Å². The van der Waals surface area contributed by atoms with Gasteiger partial charge in [0.15, 0.2) is 0 Å². The molecule has 0 atom stereocenters. The molecule has 2 heterocycles. The smallest absolute Gasteiger partial charge is 0.266 e. The van der Waals surface area contributed by atoms with Crippen LogP contribution in [0.25, 0.3) is 10.2 Å². The molecular formula is C23H22N4O2S. The van der Waals surface area contributed by atoms with E-state index in [-0.39, 0.29) is 11.5 Å². The minimum atomic E-state index is -0.234. The summed E-state index contributed by atoms with van der Waals surface area (Å²) < 4.78 is 1.58. The number of carbonyl (C=O) groups excluding carboxylic acids is 1. The molecule has 6 nitrogen and oxygen atoms in total. The van der Waals surface area contributed by atoms with Crippen LogP contribution in [-0.4, -0.2) is 29.6 Å². The normalized spacial score (nSPS) is 10.9. The SMILES string of the molecule is Cc1c(C(=O)Nc2ccc(N(C)C)cc2)sc2ncn(Cc3ccccc3)c(=O)c12. The molecule has 152 valence electrons. The number of hydrogen-bond donors (Lipinski definition) is 1. The summed E-state index contributed by atoms with van der Waals surface area (Å²) in [5, 5.41) is 3.42. The number of carbonyl (C=O) groups is 1. The van der Waals surface area contributed by atoms with E-state index < -0.39 is 0 Å². The van der Waals surface area contributed by atoms with Crippen molar-refractivity contribution >= 4 is 38.8 Å². The number of thiophene rings is 1. The van der Waals surface area contributed by atoms with Gasteiger partial charge in [0.1, 0.15) is 4.83 Å². The first-order valence-electron chi connectivity index (χ1n) is 9.55. The summed E-state index contributed by atoms with van der Waals surface area (Å²) in [4.78, 5) is 33.4. The van der Waals surface area contributed by atoms with Gasteiger partial charge in [0.05, 0.1) is 23.1 Å². The molecule has 0 aliphatic rings. The average molecular weight is 419 g/mol. The number of rotatable bonds is 5. The predicted molar refractivity (Wildman–Crippen MR) is 123 cm³/mol. The van der Waals surface area contributed by atoms with Crippen molar-refractivity contribution in [3.63, 3.8) is 0 Å². The van der Waals surface area contributed by atoms with Gasteiger partial charge in [-0.1, -0.05) is 30.3 Å². The number of amides is 1. The van der Waals surface area contributed by atoms with Gasteiger partial charge < -0.3 is 10.2 Å². The number of nitrogens with zero attached hydrogens (tertiary/aromatic N) is 3. The molecule has 0 fully saturated rings. The zero-order valence-corrected chi connectivity index (χ0v) is 17.9. The summed E-state index contributed by atoms with van der Waals surface area (Å²) in [6, 6.07) is 17.4. The lowest BCUT2D eigenvalue weighted by Gasteiger charge is -2.13. The fourth-order valence-electron chi connectivity index (χ4n) is 3.30. The monoisotopic (exact) mass is 418 g/mol. The van der Waals surface area contributed by atoms with Crippen LogP contribution >= 0.6 is 11.3 Å². The Labute approximate surface area is 178 Å². The highest BCUT2D eigenvalue weighted by molar-refractivity contribution is 7.20. The number of fused-ring (bicyclic) bond motifs is 1. The molecule has 0 spiro atoms. The molecule has 30 heavy (non-hydrogen) atoms. The lowest BCUT2D eigenvalue weighted by atomic mass is 10.2. The van der Waals surface area contributed by atoms with Gasteiger partial charge >= 0.3 is 0 Å². The third kappa shape index (κ3) is 3.84. The molecule has 1 amide bonds. The zero-order valence-electron chi connectivity index (χ0n) is 17.0. The molecule has 0 saturated heterocycles. The van der Waals surface area contributed by atoms with Gasteiger partial charge in [-0.05, 0) is 42.3 Å². The van der Waals surface area contributed by atoms with E-state index in [1.54, 1.807) is 17.8 Å². The number of hydrogen-bond acceptors (Lipinski definition) is 5. The largest absolute Gasteiger partial charge is 0.378 e. The van der Waals surface area contributed by atoms with Crippen molar-refractivity contribution < 1.29 is 4.79 Å². The molecule has 4 rings (SSSR count). The number of benzene rings is 2. The van der Waals surface area contributed by atoms with Gasteiger partial charge in [-0.3, -0.25) is 14.2 Å². The Kier molecular flexibility index (Phi) is 5.37. The van der Waals surface area contributed by atoms with E-state index in [1.807, 2.05) is 73.6 Å². The third-order valence-electron chi connectivity index (χ3n) is 4.96. The van der Waals surface area contributed by atoms with E-state index in [0.717, 1.165) is 11.3 Å². The van der Waals surface area contributed by atoms with E-state index in [4.69, 9.17) is 0 Å². The summed E-state index contributed by atoms with van der Waals surface area (Å²) in [6.45, 7) is 2.25. The number of aryl methyl sites for hydroxylation is 1. The molecule has 2 aromatic carbocycles. The van der Waals surface area contributed by atoms with E-state index >= 15 is 0 Å². The Hall–Kier alpha value is -3.45. The minimum absolute atomic E-state index is 0.132. The second-order valence-corrected chi connectivity index (χ2v) is 8.29. The maximum absolute atomic E-state index is 13.0. The van der Waals surface area contributed by atoms with Gasteiger partial charge in [-0.2, -0.15) is 0 Å². The highest BCUT2D eigenvalue weighted by Crippen LogP contribution is 2.28. The first-order valence-corrected chi connectivity index (χ1v) is 10.4. The van der Waals surface area contributed by atoms with E-state index in [2.05, 4.69) is 10.3 Å². The molecule has 2 aromatic heterocycles. The van der Waals surface area contributed by atoms with Gasteiger partial charge in [0, 0.05) is 25.5 Å². The van der Waals surface area contributed by atoms with Crippen molar-refractivity contribution in [2.45, 2.75) is 13.5 Å². The summed E-state index contributed by atoms with van der Waals surface area (Å²) in [5.74, 6) is -0.234. The highest BCUT2D eigenvalue weighted by atomic mass is 32.1. The summed E-state index contributed by atoms with van der Waals surface area (Å²) in [5.41, 5.74) is 3.31. The summed E-state index contributed by atoms with van der Waals surface area (Å²) >= 11 is 1.24. The van der Waals surface area contributed by atoms with Gasteiger partial charge in [-0.15, -0.1) is 11.3 Å². The molecule has 1 N–H and O–H groups in total. The minimum Gasteiger partial charge on any atom is -0.378 e. The molecule has 0 unspecified atom stereocenters. The Balaban J connectivity index is 1.63. The van der Waals surface area contributed by atoms with Crippen LogP contribution in [0.1, 0.15) is 20.8 Å². The molecule has 4 aromatic rings. The van der Waals surface area contributed by atoms with Crippen LogP contribution < -0.4 is 15.8 Å². The van der Waals surface area contributed by atoms with Crippen molar-refractivity contribution in [2.75, 3.05) is 24.3 Å². The molecule has 0 aliphatic heterocycles. The van der Waals surface area contributed by atoms with Crippen LogP contribution in [0.2, 0.25) is 0 Å². The molecular weight excluding hydrogens is 396 g/mol. The number of anilines is 2. The van der Waals surface area contributed by atoms with Crippen molar-refractivity contribution in [1.82, 2.24) is 9.55 Å². The summed E-state index contributed by atoms with van der Waals surface area (Å²) in [7, 11) is 3.93. The van der Waals surface area contributed by atoms with Crippen molar-refractivity contribution in [3.8, 4) is 0 Å². The Bertz CT molecular complexity index is 1260. The van der Waals surface area contributed by atoms with Crippen LogP contribution in [-0.2, 0) is 6.54 Å². The Morgan fingerprint density at radius 3 is 2.47 bits per heavy atom. The Morgan fingerprint density at radius 1 is 1.10 bits per heavy atom. The van der Waals surface area contributed by atoms with E-state index in [0.29, 0.717) is 32.9 Å². The lowest BCUT2D eigenvalue weighted by Crippen LogP contribution is -2.21. The molecule has 0 aliphatic carbocycles. The first kappa shape index (κ1) is 19.8. The average Bonchev–Trinajstić information content (AvgIpc) is 3.08. The van der Waals surface area contributed by atoms with Crippen LogP contribution in [0.5, 0.6) is 0 Å². The van der Waals surface area contributed by atoms with Gasteiger partial charge in [0.2, 0.25) is 0 Å². The van der Waals surface area contributed by atoms with Gasteiger partial charge in [-0.25, -0.2) is 4.98 Å². The fourth-order valence-corrected chi connectivity index (χ4v) is 4.33. The molecule has 0 saturated carbocycles. The quantitative estimate of drug-likeness (QED) is 0.529. The van der Waals surface area contributed by atoms with Crippen LogP contribution in [0.4, 0.5) is 11.4 Å². The zero-order chi connectivity index (χ0) is 21.3. The van der Waals surface area contributed by atoms with Crippen LogP contribution in [0, 0.1) is 6.92 Å². The maximum Gasteiger partial charge on any atom is 0.266 e. The Morgan fingerprint density at radius 2 is 1.80 bits per heavy atom. The third-order valence-corrected chi connectivity index (χ3v) is 6.16. The molecule has 0 radical (unpaired) electrons. The van der Waals surface area contributed by atoms with E-state index in [9.17, 15) is 9.59 Å². The fraction of sp³-hybridized carbons (Fsp3) is 0.174. The lowest BCUT2D eigenvalue weighted by molar-refractivity contribution is 0.103. The maximum atomic E-state index is 13.0. The van der Waals surface area contributed by atoms with Crippen molar-refractivity contribution in [3.05, 3.63) is 87.3 Å². The molecule has 0 bridgehead atoms.